The van der Waals surface area contributed by atoms with Crippen molar-refractivity contribution in [2.24, 2.45) is 0 Å². The van der Waals surface area contributed by atoms with Crippen LogP contribution in [0.3, 0.4) is 0 Å². The highest BCUT2D eigenvalue weighted by Gasteiger charge is 2.18. The molecule has 22 heavy (non-hydrogen) atoms. The van der Waals surface area contributed by atoms with E-state index in [1.807, 2.05) is 6.07 Å². The van der Waals surface area contributed by atoms with Gasteiger partial charge in [0.15, 0.2) is 0 Å². The number of aliphatic hydroxyl groups is 1. The molecule has 3 heterocycles. The highest BCUT2D eigenvalue weighted by atomic mass is 32.1. The van der Waals surface area contributed by atoms with E-state index in [1.165, 1.54) is 0 Å². The van der Waals surface area contributed by atoms with Crippen molar-refractivity contribution in [1.29, 1.82) is 0 Å². The lowest BCUT2D eigenvalue weighted by molar-refractivity contribution is 0.145. The Balaban J connectivity index is 1.61. The zero-order chi connectivity index (χ0) is 15.4. The second-order valence-corrected chi connectivity index (χ2v) is 6.36. The van der Waals surface area contributed by atoms with Crippen LogP contribution >= 0.6 is 11.3 Å². The first kappa shape index (κ1) is 15.2. The number of aliphatic hydroxyl groups excluding tert-OH is 1. The van der Waals surface area contributed by atoms with Gasteiger partial charge in [-0.05, 0) is 19.3 Å². The van der Waals surface area contributed by atoms with E-state index in [-0.39, 0.29) is 6.10 Å². The van der Waals surface area contributed by atoms with Crippen LogP contribution in [0.2, 0.25) is 0 Å². The Morgan fingerprint density at radius 1 is 1.36 bits per heavy atom. The summed E-state index contributed by atoms with van der Waals surface area (Å²) < 4.78 is 0. The smallest absolute Gasteiger partial charge is 0.134 e. The largest absolute Gasteiger partial charge is 0.393 e. The molecule has 0 unspecified atom stereocenters. The van der Waals surface area contributed by atoms with E-state index in [1.54, 1.807) is 17.7 Å². The first-order valence-corrected chi connectivity index (χ1v) is 8.54. The highest BCUT2D eigenvalue weighted by Crippen LogP contribution is 2.20. The highest BCUT2D eigenvalue weighted by molar-refractivity contribution is 7.09. The van der Waals surface area contributed by atoms with E-state index in [2.05, 4.69) is 37.5 Å². The number of thiazole rings is 1. The maximum Gasteiger partial charge on any atom is 0.134 e. The van der Waals surface area contributed by atoms with Gasteiger partial charge in [-0.1, -0.05) is 6.92 Å². The van der Waals surface area contributed by atoms with Crippen LogP contribution in [0.4, 0.5) is 11.6 Å². The third kappa shape index (κ3) is 3.72. The molecule has 1 saturated heterocycles. The van der Waals surface area contributed by atoms with Gasteiger partial charge in [0.1, 0.15) is 23.0 Å². The maximum absolute atomic E-state index is 9.58. The molecule has 1 fully saturated rings. The maximum atomic E-state index is 9.58. The molecule has 3 rings (SSSR count). The lowest BCUT2D eigenvalue weighted by Gasteiger charge is -2.30. The van der Waals surface area contributed by atoms with Crippen molar-refractivity contribution in [1.82, 2.24) is 15.0 Å². The predicted octanol–water partition coefficient (Wildman–Crippen LogP) is 2.07. The normalized spacial score (nSPS) is 16.0. The summed E-state index contributed by atoms with van der Waals surface area (Å²) in [6, 6.07) is 1.96. The van der Waals surface area contributed by atoms with Gasteiger partial charge in [-0.15, -0.1) is 11.3 Å². The van der Waals surface area contributed by atoms with Crippen molar-refractivity contribution in [2.75, 3.05) is 23.3 Å². The molecule has 1 aliphatic rings. The first-order valence-electron chi connectivity index (χ1n) is 7.67. The number of nitrogens with zero attached hydrogens (tertiary/aromatic N) is 4. The van der Waals surface area contributed by atoms with Crippen LogP contribution in [0, 0.1) is 0 Å². The molecule has 2 aromatic rings. The molecule has 0 saturated carbocycles. The number of aryl methyl sites for hydroxylation is 1. The summed E-state index contributed by atoms with van der Waals surface area (Å²) >= 11 is 1.67. The minimum atomic E-state index is -0.173. The van der Waals surface area contributed by atoms with Crippen molar-refractivity contribution >= 4 is 23.0 Å². The van der Waals surface area contributed by atoms with Gasteiger partial charge < -0.3 is 15.3 Å². The molecule has 0 radical (unpaired) electrons. The van der Waals surface area contributed by atoms with E-state index >= 15 is 0 Å². The zero-order valence-electron chi connectivity index (χ0n) is 12.7. The number of aromatic nitrogens is 3. The summed E-state index contributed by atoms with van der Waals surface area (Å²) in [6.07, 6.45) is 3.97. The number of anilines is 2. The SMILES string of the molecule is CCc1csc(CNc2cc(N3CCC(O)CC3)ncn2)n1. The third-order valence-corrected chi connectivity index (χ3v) is 4.72. The van der Waals surface area contributed by atoms with Gasteiger partial charge in [0.05, 0.1) is 18.3 Å². The van der Waals surface area contributed by atoms with Crippen LogP contribution < -0.4 is 10.2 Å². The Morgan fingerprint density at radius 3 is 2.91 bits per heavy atom. The number of hydrogen-bond donors (Lipinski definition) is 2. The van der Waals surface area contributed by atoms with E-state index in [9.17, 15) is 5.11 Å². The summed E-state index contributed by atoms with van der Waals surface area (Å²) in [6.45, 7) is 4.46. The summed E-state index contributed by atoms with van der Waals surface area (Å²) in [5.41, 5.74) is 1.14. The first-order chi connectivity index (χ1) is 10.7. The van der Waals surface area contributed by atoms with Crippen molar-refractivity contribution in [3.63, 3.8) is 0 Å². The van der Waals surface area contributed by atoms with E-state index < -0.39 is 0 Å². The fraction of sp³-hybridized carbons (Fsp3) is 0.533. The molecule has 7 heteroatoms. The summed E-state index contributed by atoms with van der Waals surface area (Å²) in [4.78, 5) is 15.3. The molecule has 0 bridgehead atoms. The molecule has 2 aromatic heterocycles. The molecule has 1 aliphatic heterocycles. The standard InChI is InChI=1S/C15H21N5OS/c1-2-11-9-22-15(19-11)8-16-13-7-14(18-10-17-13)20-5-3-12(21)4-6-20/h7,9-10,12,21H,2-6,8H2,1H3,(H,16,17,18). The molecule has 0 aromatic carbocycles. The predicted molar refractivity (Wildman–Crippen MR) is 88.3 cm³/mol. The molecular weight excluding hydrogens is 298 g/mol. The van der Waals surface area contributed by atoms with Gasteiger partial charge in [0, 0.05) is 24.5 Å². The van der Waals surface area contributed by atoms with E-state index in [0.29, 0.717) is 6.54 Å². The van der Waals surface area contributed by atoms with Gasteiger partial charge >= 0.3 is 0 Å². The van der Waals surface area contributed by atoms with Crippen molar-refractivity contribution < 1.29 is 5.11 Å². The molecule has 0 atom stereocenters. The zero-order valence-corrected chi connectivity index (χ0v) is 13.5. The van der Waals surface area contributed by atoms with Gasteiger partial charge in [-0.25, -0.2) is 15.0 Å². The second kappa shape index (κ2) is 7.02. The monoisotopic (exact) mass is 319 g/mol. The topological polar surface area (TPSA) is 74.2 Å². The summed E-state index contributed by atoms with van der Waals surface area (Å²) in [7, 11) is 0. The molecule has 6 nitrogen and oxygen atoms in total. The molecule has 0 aliphatic carbocycles. The Kier molecular flexibility index (Phi) is 4.84. The van der Waals surface area contributed by atoms with E-state index in [0.717, 1.165) is 54.7 Å². The number of hydrogen-bond acceptors (Lipinski definition) is 7. The van der Waals surface area contributed by atoms with Gasteiger partial charge in [-0.2, -0.15) is 0 Å². The molecule has 118 valence electrons. The fourth-order valence-electron chi connectivity index (χ4n) is 2.47. The Hall–Kier alpha value is -1.73. The van der Waals surface area contributed by atoms with E-state index in [4.69, 9.17) is 0 Å². The summed E-state index contributed by atoms with van der Waals surface area (Å²) in [5, 5.41) is 16.1. The van der Waals surface area contributed by atoms with Crippen molar-refractivity contribution in [2.45, 2.75) is 38.8 Å². The second-order valence-electron chi connectivity index (χ2n) is 5.42. The lowest BCUT2D eigenvalue weighted by Crippen LogP contribution is -2.36. The number of piperidine rings is 1. The average molecular weight is 319 g/mol. The minimum absolute atomic E-state index is 0.173. The molecule has 0 amide bonds. The van der Waals surface area contributed by atoms with Gasteiger partial charge in [0.2, 0.25) is 0 Å². The average Bonchev–Trinajstić information content (AvgIpc) is 3.02. The quantitative estimate of drug-likeness (QED) is 0.879. The fourth-order valence-corrected chi connectivity index (χ4v) is 3.29. The molecule has 0 spiro atoms. The van der Waals surface area contributed by atoms with Crippen LogP contribution in [0.1, 0.15) is 30.5 Å². The number of rotatable bonds is 5. The van der Waals surface area contributed by atoms with Crippen LogP contribution in [-0.2, 0) is 13.0 Å². The van der Waals surface area contributed by atoms with Crippen molar-refractivity contribution in [3.05, 3.63) is 28.5 Å². The minimum Gasteiger partial charge on any atom is -0.393 e. The number of nitrogens with one attached hydrogen (secondary N) is 1. The Labute approximate surface area is 134 Å². The van der Waals surface area contributed by atoms with Crippen LogP contribution in [0.25, 0.3) is 0 Å². The van der Waals surface area contributed by atoms with Crippen molar-refractivity contribution in [3.8, 4) is 0 Å². The van der Waals surface area contributed by atoms with Crippen LogP contribution in [0.15, 0.2) is 17.8 Å². The van der Waals surface area contributed by atoms with Gasteiger partial charge in [-0.3, -0.25) is 0 Å². The lowest BCUT2D eigenvalue weighted by atomic mass is 10.1. The van der Waals surface area contributed by atoms with Crippen LogP contribution in [-0.4, -0.2) is 39.3 Å². The van der Waals surface area contributed by atoms with Gasteiger partial charge in [0.25, 0.3) is 0 Å². The van der Waals surface area contributed by atoms with Crippen LogP contribution in [0.5, 0.6) is 0 Å². The summed E-state index contributed by atoms with van der Waals surface area (Å²) in [5.74, 6) is 1.72. The Morgan fingerprint density at radius 2 is 2.18 bits per heavy atom. The molecular formula is C15H21N5OS. The third-order valence-electron chi connectivity index (χ3n) is 3.82. The molecule has 2 N–H and O–H groups in total. The Bertz CT molecular complexity index is 609.